The van der Waals surface area contributed by atoms with Gasteiger partial charge in [0, 0.05) is 18.2 Å². The van der Waals surface area contributed by atoms with E-state index in [9.17, 15) is 0 Å². The molecule has 0 bridgehead atoms. The maximum atomic E-state index is 4.31. The fourth-order valence-electron chi connectivity index (χ4n) is 0.865. The first-order chi connectivity index (χ1) is 5.12. The van der Waals surface area contributed by atoms with Crippen LogP contribution in [-0.2, 0) is 0 Å². The minimum Gasteiger partial charge on any atom is -0.297 e. The zero-order valence-corrected chi connectivity index (χ0v) is 7.93. The molecule has 1 heteroatoms. The fourth-order valence-corrected chi connectivity index (χ4v) is 0.865. The zero-order chi connectivity index (χ0) is 8.74. The topological polar surface area (TPSA) is 12.4 Å². The molecule has 0 saturated heterocycles. The average molecular weight is 153 g/mol. The third-order valence-electron chi connectivity index (χ3n) is 1.46. The molecule has 0 unspecified atom stereocenters. The van der Waals surface area contributed by atoms with Crippen molar-refractivity contribution in [1.82, 2.24) is 0 Å². The molecule has 0 aliphatic heterocycles. The molecule has 0 atom stereocenters. The summed E-state index contributed by atoms with van der Waals surface area (Å²) < 4.78 is 0. The van der Waals surface area contributed by atoms with Gasteiger partial charge in [-0.25, -0.2) is 0 Å². The lowest BCUT2D eigenvalue weighted by molar-refractivity contribution is 0.544. The highest BCUT2D eigenvalue weighted by atomic mass is 14.7. The Morgan fingerprint density at radius 1 is 1.45 bits per heavy atom. The van der Waals surface area contributed by atoms with E-state index in [1.165, 1.54) is 0 Å². The van der Waals surface area contributed by atoms with E-state index in [4.69, 9.17) is 0 Å². The Morgan fingerprint density at radius 2 is 2.09 bits per heavy atom. The number of nitrogens with zero attached hydrogens (tertiary/aromatic N) is 1. The lowest BCUT2D eigenvalue weighted by Crippen LogP contribution is -2.11. The Morgan fingerprint density at radius 3 is 2.55 bits per heavy atom. The van der Waals surface area contributed by atoms with Gasteiger partial charge in [-0.05, 0) is 12.8 Å². The first-order valence-electron chi connectivity index (χ1n) is 4.24. The normalized spacial score (nSPS) is 12.3. The number of allylic oxidation sites excluding steroid dienone is 1. The molecule has 0 aromatic rings. The monoisotopic (exact) mass is 153 g/mol. The second kappa shape index (κ2) is 5.11. The van der Waals surface area contributed by atoms with E-state index >= 15 is 0 Å². The van der Waals surface area contributed by atoms with E-state index in [0.717, 1.165) is 19.4 Å². The largest absolute Gasteiger partial charge is 0.297 e. The molecule has 0 aliphatic carbocycles. The minimum atomic E-state index is 0.191. The van der Waals surface area contributed by atoms with E-state index in [1.54, 1.807) is 0 Å². The molecule has 0 aliphatic rings. The molecule has 0 radical (unpaired) electrons. The van der Waals surface area contributed by atoms with E-state index < -0.39 is 0 Å². The van der Waals surface area contributed by atoms with Crippen LogP contribution in [0.3, 0.4) is 0 Å². The van der Waals surface area contributed by atoms with Crippen LogP contribution in [0.25, 0.3) is 0 Å². The van der Waals surface area contributed by atoms with E-state index in [0.29, 0.717) is 0 Å². The van der Waals surface area contributed by atoms with Crippen molar-refractivity contribution in [3.05, 3.63) is 12.7 Å². The number of aliphatic imine (C=N–C) groups is 1. The zero-order valence-electron chi connectivity index (χ0n) is 7.93. The molecule has 0 N–H and O–H groups in total. The van der Waals surface area contributed by atoms with Crippen molar-refractivity contribution in [2.75, 3.05) is 6.54 Å². The van der Waals surface area contributed by atoms with Crippen molar-refractivity contribution in [3.63, 3.8) is 0 Å². The van der Waals surface area contributed by atoms with Gasteiger partial charge in [0.15, 0.2) is 0 Å². The van der Waals surface area contributed by atoms with Gasteiger partial charge < -0.3 is 0 Å². The maximum absolute atomic E-state index is 4.31. The first-order valence-corrected chi connectivity index (χ1v) is 4.24. The van der Waals surface area contributed by atoms with Gasteiger partial charge in [-0.3, -0.25) is 4.99 Å². The van der Waals surface area contributed by atoms with Gasteiger partial charge in [-0.1, -0.05) is 26.8 Å². The average Bonchev–Trinajstić information content (AvgIpc) is 1.87. The molecular weight excluding hydrogens is 134 g/mol. The summed E-state index contributed by atoms with van der Waals surface area (Å²) in [5.74, 6) is 0. The van der Waals surface area contributed by atoms with Crippen LogP contribution in [0, 0.1) is 5.41 Å². The van der Waals surface area contributed by atoms with Crippen molar-refractivity contribution in [2.45, 2.75) is 33.6 Å². The van der Waals surface area contributed by atoms with Gasteiger partial charge in [0.05, 0.1) is 0 Å². The Hall–Kier alpha value is -0.590. The van der Waals surface area contributed by atoms with Crippen molar-refractivity contribution < 1.29 is 0 Å². The highest BCUT2D eigenvalue weighted by molar-refractivity contribution is 5.64. The van der Waals surface area contributed by atoms with Gasteiger partial charge >= 0.3 is 0 Å². The minimum absolute atomic E-state index is 0.191. The molecule has 0 rings (SSSR count). The highest BCUT2D eigenvalue weighted by Gasteiger charge is 2.11. The van der Waals surface area contributed by atoms with Crippen LogP contribution in [0.1, 0.15) is 33.6 Å². The van der Waals surface area contributed by atoms with Gasteiger partial charge in [0.2, 0.25) is 0 Å². The Bertz CT molecular complexity index is 134. The Labute approximate surface area is 70.2 Å². The van der Waals surface area contributed by atoms with Gasteiger partial charge in [-0.15, -0.1) is 6.58 Å². The summed E-state index contributed by atoms with van der Waals surface area (Å²) in [6, 6.07) is 0. The highest BCUT2D eigenvalue weighted by Crippen LogP contribution is 2.17. The summed E-state index contributed by atoms with van der Waals surface area (Å²) in [5, 5.41) is 0. The predicted molar refractivity (Wildman–Crippen MR) is 52.2 cm³/mol. The van der Waals surface area contributed by atoms with Gasteiger partial charge in [-0.2, -0.15) is 0 Å². The van der Waals surface area contributed by atoms with Crippen LogP contribution < -0.4 is 0 Å². The molecule has 0 spiro atoms. The second-order valence-corrected chi connectivity index (χ2v) is 3.52. The molecule has 0 amide bonds. The molecule has 64 valence electrons. The van der Waals surface area contributed by atoms with Crippen LogP contribution >= 0.6 is 0 Å². The number of hydrogen-bond donors (Lipinski definition) is 0. The molecule has 0 heterocycles. The maximum Gasteiger partial charge on any atom is 0.0383 e. The predicted octanol–water partition coefficient (Wildman–Crippen LogP) is 3.07. The van der Waals surface area contributed by atoms with Crippen LogP contribution in [0.2, 0.25) is 0 Å². The van der Waals surface area contributed by atoms with Crippen molar-refractivity contribution in [2.24, 2.45) is 10.4 Å². The lowest BCUT2D eigenvalue weighted by Gasteiger charge is -2.15. The van der Waals surface area contributed by atoms with E-state index in [1.807, 2.05) is 12.3 Å². The fraction of sp³-hybridized carbons (Fsp3) is 0.700. The molecule has 1 nitrogen and oxygen atoms in total. The number of rotatable bonds is 5. The Balaban J connectivity index is 3.78. The third kappa shape index (κ3) is 5.84. The molecule has 0 saturated carbocycles. The van der Waals surface area contributed by atoms with Crippen molar-refractivity contribution in [3.8, 4) is 0 Å². The summed E-state index contributed by atoms with van der Waals surface area (Å²) in [6.45, 7) is 11.1. The molecule has 11 heavy (non-hydrogen) atoms. The van der Waals surface area contributed by atoms with E-state index in [2.05, 4.69) is 32.3 Å². The summed E-state index contributed by atoms with van der Waals surface area (Å²) >= 11 is 0. The summed E-state index contributed by atoms with van der Waals surface area (Å²) in [4.78, 5) is 4.31. The molecular formula is C10H19N. The van der Waals surface area contributed by atoms with Gasteiger partial charge in [0.25, 0.3) is 0 Å². The smallest absolute Gasteiger partial charge is 0.0383 e. The van der Waals surface area contributed by atoms with Gasteiger partial charge in [0.1, 0.15) is 0 Å². The second-order valence-electron chi connectivity index (χ2n) is 3.52. The van der Waals surface area contributed by atoms with Crippen LogP contribution in [0.15, 0.2) is 17.6 Å². The third-order valence-corrected chi connectivity index (χ3v) is 1.46. The molecule has 0 aromatic heterocycles. The summed E-state index contributed by atoms with van der Waals surface area (Å²) in [6.07, 6.45) is 6.11. The SMILES string of the molecule is C=CCC(C)(C)C=NCCC. The van der Waals surface area contributed by atoms with Crippen LogP contribution in [0.5, 0.6) is 0 Å². The summed E-state index contributed by atoms with van der Waals surface area (Å²) in [5.41, 5.74) is 0.191. The quantitative estimate of drug-likeness (QED) is 0.425. The molecule has 0 aromatic carbocycles. The Kier molecular flexibility index (Phi) is 4.84. The van der Waals surface area contributed by atoms with Crippen molar-refractivity contribution in [1.29, 1.82) is 0 Å². The molecule has 0 fully saturated rings. The lowest BCUT2D eigenvalue weighted by atomic mass is 9.91. The van der Waals surface area contributed by atoms with Crippen LogP contribution in [-0.4, -0.2) is 12.8 Å². The summed E-state index contributed by atoms with van der Waals surface area (Å²) in [7, 11) is 0. The van der Waals surface area contributed by atoms with Crippen LogP contribution in [0.4, 0.5) is 0 Å². The standard InChI is InChI=1S/C10H19N/c1-5-7-10(3,4)9-11-8-6-2/h5,9H,1,6-8H2,2-4H3. The first kappa shape index (κ1) is 10.4. The van der Waals surface area contributed by atoms with E-state index in [-0.39, 0.29) is 5.41 Å². The number of hydrogen-bond acceptors (Lipinski definition) is 1. The van der Waals surface area contributed by atoms with Crippen molar-refractivity contribution >= 4 is 6.21 Å².